The van der Waals surface area contributed by atoms with Crippen LogP contribution in [-0.4, -0.2) is 25.9 Å². The number of nitriles is 1. The van der Waals surface area contributed by atoms with E-state index in [1.54, 1.807) is 18.3 Å². The first-order valence-corrected chi connectivity index (χ1v) is 9.76. The van der Waals surface area contributed by atoms with E-state index >= 15 is 0 Å². The summed E-state index contributed by atoms with van der Waals surface area (Å²) in [5.74, 6) is -1.30. The molecule has 0 aliphatic carbocycles. The molecule has 0 spiro atoms. The van der Waals surface area contributed by atoms with E-state index in [4.69, 9.17) is 15.4 Å². The average molecular weight is 426 g/mol. The number of amidine groups is 1. The highest BCUT2D eigenvalue weighted by Gasteiger charge is 2.16. The number of unbranched alkanes of at least 4 members (excludes halogenated alkanes) is 3. The number of ether oxygens (including phenoxy) is 1. The molecule has 2 rings (SSSR count). The molecule has 0 aromatic heterocycles. The highest BCUT2D eigenvalue weighted by Crippen LogP contribution is 2.26. The molecule has 0 radical (unpaired) electrons. The Morgan fingerprint density at radius 3 is 2.65 bits per heavy atom. The summed E-state index contributed by atoms with van der Waals surface area (Å²) in [5.41, 5.74) is 0.509. The predicted octanol–water partition coefficient (Wildman–Crippen LogP) is 4.50. The van der Waals surface area contributed by atoms with Gasteiger partial charge in [0, 0.05) is 24.4 Å². The van der Waals surface area contributed by atoms with Crippen LogP contribution in [0.25, 0.3) is 0 Å². The molecule has 0 fully saturated rings. The van der Waals surface area contributed by atoms with Crippen LogP contribution in [0.4, 0.5) is 14.5 Å². The first-order valence-electron chi connectivity index (χ1n) is 9.76. The summed E-state index contributed by atoms with van der Waals surface area (Å²) in [6.07, 6.45) is 7.53. The van der Waals surface area contributed by atoms with Crippen molar-refractivity contribution >= 4 is 17.9 Å². The minimum Gasteiger partial charge on any atom is -0.494 e. The van der Waals surface area contributed by atoms with Gasteiger partial charge < -0.3 is 15.0 Å². The molecular formula is C23H24F2N4O2. The summed E-state index contributed by atoms with van der Waals surface area (Å²) in [5, 5.41) is 20.1. The van der Waals surface area contributed by atoms with Crippen molar-refractivity contribution in [2.45, 2.75) is 25.7 Å². The van der Waals surface area contributed by atoms with Gasteiger partial charge in [0.2, 0.25) is 6.41 Å². The highest BCUT2D eigenvalue weighted by molar-refractivity contribution is 6.09. The summed E-state index contributed by atoms with van der Waals surface area (Å²) in [4.78, 5) is 11.7. The molecule has 162 valence electrons. The SMILES string of the molecule is COc1ccc(N(/C=C/CCCCCNC=O)C(=N)c2ccc(C#N)c(F)c2)cc1F. The number of halogens is 2. The summed E-state index contributed by atoms with van der Waals surface area (Å²) < 4.78 is 33.3. The smallest absolute Gasteiger partial charge is 0.207 e. The number of anilines is 1. The van der Waals surface area contributed by atoms with Gasteiger partial charge in [0.25, 0.3) is 0 Å². The van der Waals surface area contributed by atoms with E-state index in [2.05, 4.69) is 5.32 Å². The Morgan fingerprint density at radius 1 is 1.19 bits per heavy atom. The fourth-order valence-electron chi connectivity index (χ4n) is 2.89. The van der Waals surface area contributed by atoms with Crippen molar-refractivity contribution in [3.63, 3.8) is 0 Å². The van der Waals surface area contributed by atoms with E-state index in [0.29, 0.717) is 25.1 Å². The lowest BCUT2D eigenvalue weighted by atomic mass is 10.1. The summed E-state index contributed by atoms with van der Waals surface area (Å²) in [6, 6.07) is 9.95. The first kappa shape index (κ1) is 23.5. The number of methoxy groups -OCH3 is 1. The molecule has 31 heavy (non-hydrogen) atoms. The Bertz CT molecular complexity index is 986. The number of hydrogen-bond donors (Lipinski definition) is 2. The zero-order chi connectivity index (χ0) is 22.6. The molecule has 0 atom stereocenters. The van der Waals surface area contributed by atoms with Gasteiger partial charge in [-0.25, -0.2) is 8.78 Å². The van der Waals surface area contributed by atoms with Crippen molar-refractivity contribution in [2.75, 3.05) is 18.6 Å². The molecule has 2 N–H and O–H groups in total. The van der Waals surface area contributed by atoms with Gasteiger partial charge in [-0.05, 0) is 49.6 Å². The molecule has 6 nitrogen and oxygen atoms in total. The van der Waals surface area contributed by atoms with Gasteiger partial charge in [-0.2, -0.15) is 5.26 Å². The van der Waals surface area contributed by atoms with E-state index in [1.807, 2.05) is 6.08 Å². The van der Waals surface area contributed by atoms with E-state index in [1.165, 1.54) is 36.3 Å². The van der Waals surface area contributed by atoms with Crippen molar-refractivity contribution < 1.29 is 18.3 Å². The van der Waals surface area contributed by atoms with Crippen LogP contribution in [0.3, 0.4) is 0 Å². The molecule has 0 heterocycles. The molecule has 1 amide bonds. The van der Waals surface area contributed by atoms with Crippen molar-refractivity contribution in [2.24, 2.45) is 0 Å². The molecule has 0 bridgehead atoms. The predicted molar refractivity (Wildman–Crippen MR) is 115 cm³/mol. The topological polar surface area (TPSA) is 89.2 Å². The normalized spacial score (nSPS) is 10.5. The van der Waals surface area contributed by atoms with E-state index < -0.39 is 11.6 Å². The third-order valence-electron chi connectivity index (χ3n) is 4.55. The van der Waals surface area contributed by atoms with Crippen molar-refractivity contribution in [3.05, 3.63) is 71.4 Å². The standard InChI is InChI=1S/C23H24F2N4O2/c1-31-22-10-9-19(14-21(22)25)29(12-6-4-2-3-5-11-28-16-30)23(27)17-7-8-18(15-26)20(24)13-17/h6-10,12-14,16,27H,2-5,11H2,1H3,(H,28,30)/b12-6+,27-23?. The number of hydrogen-bond acceptors (Lipinski definition) is 4. The minimum atomic E-state index is -0.724. The van der Waals surface area contributed by atoms with Crippen LogP contribution < -0.4 is 15.0 Å². The van der Waals surface area contributed by atoms with Crippen molar-refractivity contribution in [1.82, 2.24) is 5.32 Å². The van der Waals surface area contributed by atoms with Crippen molar-refractivity contribution in [1.29, 1.82) is 10.7 Å². The minimum absolute atomic E-state index is 0.0700. The number of nitrogens with zero attached hydrogens (tertiary/aromatic N) is 2. The van der Waals surface area contributed by atoms with Gasteiger partial charge in [-0.3, -0.25) is 10.2 Å². The van der Waals surface area contributed by atoms with E-state index in [9.17, 15) is 13.6 Å². The van der Waals surface area contributed by atoms with Crippen LogP contribution >= 0.6 is 0 Å². The highest BCUT2D eigenvalue weighted by atomic mass is 19.1. The summed E-state index contributed by atoms with van der Waals surface area (Å²) >= 11 is 0. The molecule has 0 aliphatic heterocycles. The zero-order valence-electron chi connectivity index (χ0n) is 17.2. The second-order valence-electron chi connectivity index (χ2n) is 6.65. The lowest BCUT2D eigenvalue weighted by Gasteiger charge is -2.22. The second-order valence-corrected chi connectivity index (χ2v) is 6.65. The Morgan fingerprint density at radius 2 is 2.00 bits per heavy atom. The van der Waals surface area contributed by atoms with E-state index in [0.717, 1.165) is 25.3 Å². The Kier molecular flexibility index (Phi) is 9.17. The van der Waals surface area contributed by atoms with Gasteiger partial charge in [-0.1, -0.05) is 12.5 Å². The third-order valence-corrected chi connectivity index (χ3v) is 4.55. The number of allylic oxidation sites excluding steroid dienone is 1. The van der Waals surface area contributed by atoms with Crippen LogP contribution in [-0.2, 0) is 4.79 Å². The lowest BCUT2D eigenvalue weighted by Crippen LogP contribution is -2.25. The van der Waals surface area contributed by atoms with Crippen molar-refractivity contribution in [3.8, 4) is 11.8 Å². The summed E-state index contributed by atoms with van der Waals surface area (Å²) in [6.45, 7) is 0.624. The fraction of sp³-hybridized carbons (Fsp3) is 0.261. The number of amides is 1. The molecule has 0 saturated heterocycles. The van der Waals surface area contributed by atoms with Gasteiger partial charge in [0.05, 0.1) is 18.4 Å². The Labute approximate surface area is 180 Å². The Balaban J connectivity index is 2.21. The van der Waals surface area contributed by atoms with Gasteiger partial charge >= 0.3 is 0 Å². The fourth-order valence-corrected chi connectivity index (χ4v) is 2.89. The maximum absolute atomic E-state index is 14.3. The monoisotopic (exact) mass is 426 g/mol. The number of carbonyl (C=O) groups is 1. The molecule has 0 unspecified atom stereocenters. The van der Waals surface area contributed by atoms with Gasteiger partial charge in [0.15, 0.2) is 11.6 Å². The van der Waals surface area contributed by atoms with Crippen LogP contribution in [0, 0.1) is 28.4 Å². The van der Waals surface area contributed by atoms with Crippen LogP contribution in [0.1, 0.15) is 36.8 Å². The third kappa shape index (κ3) is 6.64. The maximum atomic E-state index is 14.3. The quantitative estimate of drug-likeness (QED) is 0.240. The molecule has 2 aromatic rings. The first-order chi connectivity index (χ1) is 15.0. The molecule has 8 heteroatoms. The zero-order valence-corrected chi connectivity index (χ0v) is 17.2. The molecule has 0 aliphatic rings. The Hall–Kier alpha value is -3.73. The second kappa shape index (κ2) is 12.1. The largest absolute Gasteiger partial charge is 0.494 e. The molecule has 0 saturated carbocycles. The number of nitrogens with one attached hydrogen (secondary N) is 2. The number of rotatable bonds is 11. The van der Waals surface area contributed by atoms with Crippen LogP contribution in [0.2, 0.25) is 0 Å². The average Bonchev–Trinajstić information content (AvgIpc) is 2.77. The van der Waals surface area contributed by atoms with E-state index in [-0.39, 0.29) is 22.7 Å². The lowest BCUT2D eigenvalue weighted by molar-refractivity contribution is -0.109. The summed E-state index contributed by atoms with van der Waals surface area (Å²) in [7, 11) is 1.36. The van der Waals surface area contributed by atoms with Crippen LogP contribution in [0.5, 0.6) is 5.75 Å². The molecular weight excluding hydrogens is 402 g/mol. The number of benzene rings is 2. The molecule has 2 aromatic carbocycles. The maximum Gasteiger partial charge on any atom is 0.207 e. The van der Waals surface area contributed by atoms with Gasteiger partial charge in [-0.15, -0.1) is 0 Å². The number of carbonyl (C=O) groups excluding carboxylic acids is 1. The van der Waals surface area contributed by atoms with Gasteiger partial charge in [0.1, 0.15) is 17.7 Å². The van der Waals surface area contributed by atoms with Crippen LogP contribution in [0.15, 0.2) is 48.7 Å².